The van der Waals surface area contributed by atoms with Crippen LogP contribution in [0.4, 0.5) is 9.52 Å². The summed E-state index contributed by atoms with van der Waals surface area (Å²) in [6.07, 6.45) is -0.317. The first-order chi connectivity index (χ1) is 10.9. The lowest BCUT2D eigenvalue weighted by atomic mass is 10.1. The molecule has 2 N–H and O–H groups in total. The van der Waals surface area contributed by atoms with E-state index >= 15 is 0 Å². The van der Waals surface area contributed by atoms with E-state index in [-0.39, 0.29) is 27.7 Å². The minimum absolute atomic E-state index is 0.127. The summed E-state index contributed by atoms with van der Waals surface area (Å²) in [5.41, 5.74) is 0.316. The van der Waals surface area contributed by atoms with Crippen LogP contribution in [0, 0.1) is 23.1 Å². The predicted molar refractivity (Wildman–Crippen MR) is 82.3 cm³/mol. The maximum atomic E-state index is 13.8. The van der Waals surface area contributed by atoms with Crippen molar-refractivity contribution in [2.75, 3.05) is 5.32 Å². The summed E-state index contributed by atoms with van der Waals surface area (Å²) < 4.78 is 13.8. The molecule has 1 aromatic heterocycles. The Morgan fingerprint density at radius 2 is 2.17 bits per heavy atom. The average molecular weight is 333 g/mol. The number of carbonyl (C=O) groups is 2. The zero-order valence-electron chi connectivity index (χ0n) is 12.0. The first kappa shape index (κ1) is 16.6. The van der Waals surface area contributed by atoms with E-state index in [2.05, 4.69) is 10.3 Å². The molecule has 0 radical (unpaired) electrons. The van der Waals surface area contributed by atoms with Gasteiger partial charge < -0.3 is 10.4 Å². The number of carboxylic acid groups (broad SMARTS) is 1. The molecule has 2 rings (SSSR count). The van der Waals surface area contributed by atoms with E-state index in [9.17, 15) is 14.0 Å². The summed E-state index contributed by atoms with van der Waals surface area (Å²) in [5, 5.41) is 20.4. The molecule has 118 valence electrons. The molecule has 0 saturated heterocycles. The molecule has 0 spiro atoms. The Balaban J connectivity index is 2.27. The molecular weight excluding hydrogens is 321 g/mol. The largest absolute Gasteiger partial charge is 0.481 e. The lowest BCUT2D eigenvalue weighted by Crippen LogP contribution is -2.22. The summed E-state index contributed by atoms with van der Waals surface area (Å²) in [5.74, 6) is -2.88. The second kappa shape index (κ2) is 6.98. The van der Waals surface area contributed by atoms with E-state index < -0.39 is 23.6 Å². The van der Waals surface area contributed by atoms with Crippen LogP contribution in [0.25, 0.3) is 11.3 Å². The minimum atomic E-state index is -1.09. The molecule has 0 aliphatic rings. The van der Waals surface area contributed by atoms with Gasteiger partial charge in [0.15, 0.2) is 5.13 Å². The summed E-state index contributed by atoms with van der Waals surface area (Å²) in [6.45, 7) is 1.47. The molecule has 0 aliphatic heterocycles. The number of nitrogens with zero attached hydrogens (tertiary/aromatic N) is 2. The van der Waals surface area contributed by atoms with Crippen molar-refractivity contribution in [2.24, 2.45) is 5.92 Å². The van der Waals surface area contributed by atoms with Crippen molar-refractivity contribution >= 4 is 28.3 Å². The summed E-state index contributed by atoms with van der Waals surface area (Å²) in [4.78, 5) is 26.8. The first-order valence-electron chi connectivity index (χ1n) is 6.61. The number of nitriles is 1. The molecule has 8 heteroatoms. The SMILES string of the molecule is C[C@H](CC(=O)O)C(=O)Nc1nc(-c2ccccc2F)c(C#N)s1. The van der Waals surface area contributed by atoms with E-state index in [1.54, 1.807) is 6.07 Å². The Kier molecular flexibility index (Phi) is 5.03. The molecule has 0 saturated carbocycles. The van der Waals surface area contributed by atoms with Gasteiger partial charge in [-0.1, -0.05) is 30.4 Å². The Morgan fingerprint density at radius 3 is 2.78 bits per heavy atom. The van der Waals surface area contributed by atoms with Crippen molar-refractivity contribution in [1.82, 2.24) is 4.98 Å². The van der Waals surface area contributed by atoms with Gasteiger partial charge in [0.1, 0.15) is 22.5 Å². The Bertz CT molecular complexity index is 798. The van der Waals surface area contributed by atoms with Gasteiger partial charge in [0.05, 0.1) is 6.42 Å². The number of hydrogen-bond acceptors (Lipinski definition) is 5. The molecule has 1 amide bonds. The van der Waals surface area contributed by atoms with Gasteiger partial charge in [0, 0.05) is 11.5 Å². The average Bonchev–Trinajstić information content (AvgIpc) is 2.89. The second-order valence-electron chi connectivity index (χ2n) is 4.78. The monoisotopic (exact) mass is 333 g/mol. The predicted octanol–water partition coefficient (Wildman–Crippen LogP) is 2.87. The molecule has 2 aromatic rings. The Labute approximate surface area is 135 Å². The van der Waals surface area contributed by atoms with Gasteiger partial charge in [-0.25, -0.2) is 9.37 Å². The van der Waals surface area contributed by atoms with E-state index in [1.807, 2.05) is 6.07 Å². The van der Waals surface area contributed by atoms with Gasteiger partial charge in [-0.3, -0.25) is 9.59 Å². The van der Waals surface area contributed by atoms with E-state index in [0.29, 0.717) is 0 Å². The van der Waals surface area contributed by atoms with Crippen molar-refractivity contribution < 1.29 is 19.1 Å². The van der Waals surface area contributed by atoms with E-state index in [0.717, 1.165) is 11.3 Å². The zero-order chi connectivity index (χ0) is 17.0. The molecule has 0 aliphatic carbocycles. The van der Waals surface area contributed by atoms with Gasteiger partial charge in [0.25, 0.3) is 0 Å². The summed E-state index contributed by atoms with van der Waals surface area (Å²) >= 11 is 0.909. The smallest absolute Gasteiger partial charge is 0.304 e. The highest BCUT2D eigenvalue weighted by Crippen LogP contribution is 2.32. The molecule has 23 heavy (non-hydrogen) atoms. The van der Waals surface area contributed by atoms with E-state index in [1.165, 1.54) is 25.1 Å². The number of aliphatic carboxylic acids is 1. The van der Waals surface area contributed by atoms with Crippen LogP contribution < -0.4 is 5.32 Å². The van der Waals surface area contributed by atoms with Gasteiger partial charge in [0.2, 0.25) is 5.91 Å². The maximum Gasteiger partial charge on any atom is 0.304 e. The fraction of sp³-hybridized carbons (Fsp3) is 0.200. The molecule has 0 unspecified atom stereocenters. The Morgan fingerprint density at radius 1 is 1.48 bits per heavy atom. The summed E-state index contributed by atoms with van der Waals surface area (Å²) in [7, 11) is 0. The number of thiazole rings is 1. The third-order valence-electron chi connectivity index (χ3n) is 3.02. The van der Waals surface area contributed by atoms with Crippen molar-refractivity contribution in [3.63, 3.8) is 0 Å². The third-order valence-corrected chi connectivity index (χ3v) is 3.89. The number of anilines is 1. The number of benzene rings is 1. The van der Waals surface area contributed by atoms with E-state index in [4.69, 9.17) is 10.4 Å². The van der Waals surface area contributed by atoms with Crippen LogP contribution in [-0.2, 0) is 9.59 Å². The number of rotatable bonds is 5. The van der Waals surface area contributed by atoms with Gasteiger partial charge in [-0.2, -0.15) is 5.26 Å². The maximum absolute atomic E-state index is 13.8. The number of aromatic nitrogens is 1. The van der Waals surface area contributed by atoms with Crippen molar-refractivity contribution in [3.05, 3.63) is 35.0 Å². The molecular formula is C15H12FN3O3S. The van der Waals surface area contributed by atoms with Crippen LogP contribution >= 0.6 is 11.3 Å². The fourth-order valence-corrected chi connectivity index (χ4v) is 2.65. The molecule has 1 aromatic carbocycles. The Hall–Kier alpha value is -2.79. The normalized spacial score (nSPS) is 11.5. The van der Waals surface area contributed by atoms with Crippen LogP contribution in [0.15, 0.2) is 24.3 Å². The number of amides is 1. The molecule has 0 bridgehead atoms. The van der Waals surface area contributed by atoms with Crippen molar-refractivity contribution in [3.8, 4) is 17.3 Å². The molecule has 1 heterocycles. The van der Waals surface area contributed by atoms with Crippen LogP contribution in [0.1, 0.15) is 18.2 Å². The first-order valence-corrected chi connectivity index (χ1v) is 7.42. The van der Waals surface area contributed by atoms with Crippen LogP contribution in [0.5, 0.6) is 0 Å². The lowest BCUT2D eigenvalue weighted by molar-refractivity contribution is -0.139. The van der Waals surface area contributed by atoms with Gasteiger partial charge in [-0.05, 0) is 12.1 Å². The summed E-state index contributed by atoms with van der Waals surface area (Å²) in [6, 6.07) is 7.80. The zero-order valence-corrected chi connectivity index (χ0v) is 12.9. The minimum Gasteiger partial charge on any atom is -0.481 e. The number of halogens is 1. The number of carboxylic acids is 1. The highest BCUT2D eigenvalue weighted by molar-refractivity contribution is 7.16. The number of carbonyl (C=O) groups excluding carboxylic acids is 1. The number of nitrogens with one attached hydrogen (secondary N) is 1. The highest BCUT2D eigenvalue weighted by Gasteiger charge is 2.20. The lowest BCUT2D eigenvalue weighted by Gasteiger charge is -2.07. The van der Waals surface area contributed by atoms with Crippen LogP contribution in [-0.4, -0.2) is 22.0 Å². The van der Waals surface area contributed by atoms with Crippen molar-refractivity contribution in [1.29, 1.82) is 5.26 Å². The van der Waals surface area contributed by atoms with Crippen LogP contribution in [0.2, 0.25) is 0 Å². The van der Waals surface area contributed by atoms with Gasteiger partial charge >= 0.3 is 5.97 Å². The highest BCUT2D eigenvalue weighted by atomic mass is 32.1. The van der Waals surface area contributed by atoms with Crippen LogP contribution in [0.3, 0.4) is 0 Å². The van der Waals surface area contributed by atoms with Gasteiger partial charge in [-0.15, -0.1) is 0 Å². The quantitative estimate of drug-likeness (QED) is 0.875. The number of hydrogen-bond donors (Lipinski definition) is 2. The molecule has 6 nitrogen and oxygen atoms in total. The topological polar surface area (TPSA) is 103 Å². The second-order valence-corrected chi connectivity index (χ2v) is 5.78. The molecule has 1 atom stereocenters. The van der Waals surface area contributed by atoms with Crippen molar-refractivity contribution in [2.45, 2.75) is 13.3 Å². The standard InChI is InChI=1S/C15H12FN3O3S/c1-8(6-12(20)21)14(22)19-15-18-13(11(7-17)23-15)9-4-2-3-5-10(9)16/h2-5,8H,6H2,1H3,(H,20,21)(H,18,19,22)/t8-/m1/s1. The molecule has 0 fully saturated rings. The third kappa shape index (κ3) is 3.90. The fourth-order valence-electron chi connectivity index (χ4n) is 1.87.